The van der Waals surface area contributed by atoms with Crippen LogP contribution in [0.15, 0.2) is 18.3 Å². The number of ether oxygens (including phenoxy) is 1. The molecule has 1 aromatic heterocycles. The highest BCUT2D eigenvalue weighted by molar-refractivity contribution is 6.17. The van der Waals surface area contributed by atoms with Gasteiger partial charge in [-0.05, 0) is 18.9 Å². The number of aromatic nitrogens is 1. The molecule has 0 aliphatic carbocycles. The summed E-state index contributed by atoms with van der Waals surface area (Å²) in [4.78, 5) is 4.04. The van der Waals surface area contributed by atoms with Gasteiger partial charge in [0.15, 0.2) is 0 Å². The maximum Gasteiger partial charge on any atom is 0.214 e. The molecule has 0 saturated heterocycles. The molecular weight excluding hydrogens is 212 g/mol. The number of hydrogen-bond acceptors (Lipinski definition) is 3. The van der Waals surface area contributed by atoms with Crippen LogP contribution in [0.3, 0.4) is 0 Å². The van der Waals surface area contributed by atoms with Crippen LogP contribution in [0.4, 0.5) is 5.69 Å². The second-order valence-corrected chi connectivity index (χ2v) is 3.64. The molecule has 0 fully saturated rings. The molecule has 3 nitrogen and oxygen atoms in total. The van der Waals surface area contributed by atoms with Gasteiger partial charge in [0.1, 0.15) is 0 Å². The van der Waals surface area contributed by atoms with Crippen LogP contribution < -0.4 is 10.1 Å². The van der Waals surface area contributed by atoms with Gasteiger partial charge in [0.05, 0.1) is 7.11 Å². The van der Waals surface area contributed by atoms with E-state index in [0.29, 0.717) is 5.88 Å². The van der Waals surface area contributed by atoms with Gasteiger partial charge in [-0.1, -0.05) is 6.42 Å². The summed E-state index contributed by atoms with van der Waals surface area (Å²) in [7, 11) is 1.62. The summed E-state index contributed by atoms with van der Waals surface area (Å²) in [6.45, 7) is 0.962. The number of nitrogens with one attached hydrogen (secondary N) is 1. The van der Waals surface area contributed by atoms with E-state index in [2.05, 4.69) is 10.3 Å². The summed E-state index contributed by atoms with van der Waals surface area (Å²) in [5, 5.41) is 3.32. The molecule has 0 bridgehead atoms. The van der Waals surface area contributed by atoms with Crippen LogP contribution in [0.1, 0.15) is 19.3 Å². The van der Waals surface area contributed by atoms with Crippen molar-refractivity contribution in [2.24, 2.45) is 0 Å². The molecule has 0 aromatic carbocycles. The Morgan fingerprint density at radius 2 is 2.27 bits per heavy atom. The Bertz CT molecular complexity index is 281. The normalized spacial score (nSPS) is 10.0. The lowest BCUT2D eigenvalue weighted by Crippen LogP contribution is -2.02. The quantitative estimate of drug-likeness (QED) is 0.576. The maximum absolute atomic E-state index is 5.59. The molecule has 0 radical (unpaired) electrons. The molecule has 1 aromatic rings. The average Bonchev–Trinajstić information content (AvgIpc) is 2.29. The van der Waals surface area contributed by atoms with Gasteiger partial charge in [-0.15, -0.1) is 11.6 Å². The SMILES string of the molecule is COc1cc(NCCCCCCl)ccn1. The largest absolute Gasteiger partial charge is 0.481 e. The summed E-state index contributed by atoms with van der Waals surface area (Å²) in [5.41, 5.74) is 1.05. The monoisotopic (exact) mass is 228 g/mol. The molecular formula is C11H17ClN2O. The number of pyridine rings is 1. The van der Waals surface area contributed by atoms with Crippen LogP contribution in [-0.4, -0.2) is 24.5 Å². The lowest BCUT2D eigenvalue weighted by atomic mass is 10.2. The zero-order valence-electron chi connectivity index (χ0n) is 9.00. The predicted octanol–water partition coefficient (Wildman–Crippen LogP) is 2.91. The molecule has 1 heterocycles. The topological polar surface area (TPSA) is 34.1 Å². The van der Waals surface area contributed by atoms with E-state index in [9.17, 15) is 0 Å². The van der Waals surface area contributed by atoms with Gasteiger partial charge >= 0.3 is 0 Å². The van der Waals surface area contributed by atoms with Gasteiger partial charge in [-0.2, -0.15) is 0 Å². The van der Waals surface area contributed by atoms with Crippen LogP contribution in [0.2, 0.25) is 0 Å². The van der Waals surface area contributed by atoms with Crippen molar-refractivity contribution in [2.45, 2.75) is 19.3 Å². The highest BCUT2D eigenvalue weighted by Crippen LogP contribution is 2.13. The minimum absolute atomic E-state index is 0.640. The molecule has 1 N–H and O–H groups in total. The summed E-state index contributed by atoms with van der Waals surface area (Å²) in [6, 6.07) is 3.83. The van der Waals surface area contributed by atoms with E-state index in [1.165, 1.54) is 6.42 Å². The van der Waals surface area contributed by atoms with Gasteiger partial charge in [-0.3, -0.25) is 0 Å². The fourth-order valence-corrected chi connectivity index (χ4v) is 1.45. The van der Waals surface area contributed by atoms with Crippen LogP contribution in [0.5, 0.6) is 5.88 Å². The second-order valence-electron chi connectivity index (χ2n) is 3.26. The Balaban J connectivity index is 2.24. The number of nitrogens with zero attached hydrogens (tertiary/aromatic N) is 1. The zero-order valence-corrected chi connectivity index (χ0v) is 9.76. The van der Waals surface area contributed by atoms with E-state index in [1.54, 1.807) is 13.3 Å². The lowest BCUT2D eigenvalue weighted by Gasteiger charge is -2.06. The van der Waals surface area contributed by atoms with Gasteiger partial charge in [-0.25, -0.2) is 4.98 Å². The Labute approximate surface area is 95.8 Å². The summed E-state index contributed by atoms with van der Waals surface area (Å²) in [5.74, 6) is 1.39. The van der Waals surface area contributed by atoms with Crippen molar-refractivity contribution in [2.75, 3.05) is 24.9 Å². The number of alkyl halides is 1. The smallest absolute Gasteiger partial charge is 0.214 e. The molecule has 0 aliphatic rings. The van der Waals surface area contributed by atoms with E-state index in [4.69, 9.17) is 16.3 Å². The molecule has 0 atom stereocenters. The first-order valence-corrected chi connectivity index (χ1v) is 5.70. The summed E-state index contributed by atoms with van der Waals surface area (Å²) in [6.07, 6.45) is 5.12. The number of rotatable bonds is 7. The van der Waals surface area contributed by atoms with Crippen molar-refractivity contribution in [3.05, 3.63) is 18.3 Å². The van der Waals surface area contributed by atoms with Crippen molar-refractivity contribution < 1.29 is 4.74 Å². The van der Waals surface area contributed by atoms with Gasteiger partial charge in [0, 0.05) is 30.4 Å². The van der Waals surface area contributed by atoms with Crippen LogP contribution in [-0.2, 0) is 0 Å². The molecule has 0 unspecified atom stereocenters. The van der Waals surface area contributed by atoms with Crippen LogP contribution in [0, 0.1) is 0 Å². The van der Waals surface area contributed by atoms with E-state index >= 15 is 0 Å². The Morgan fingerprint density at radius 1 is 1.40 bits per heavy atom. The van der Waals surface area contributed by atoms with Crippen molar-refractivity contribution in [3.63, 3.8) is 0 Å². The number of anilines is 1. The number of methoxy groups -OCH3 is 1. The van der Waals surface area contributed by atoms with Crippen LogP contribution >= 0.6 is 11.6 Å². The average molecular weight is 229 g/mol. The molecule has 84 valence electrons. The fourth-order valence-electron chi connectivity index (χ4n) is 1.26. The lowest BCUT2D eigenvalue weighted by molar-refractivity contribution is 0.398. The Morgan fingerprint density at radius 3 is 3.00 bits per heavy atom. The highest BCUT2D eigenvalue weighted by Gasteiger charge is 1.95. The third-order valence-electron chi connectivity index (χ3n) is 2.08. The minimum Gasteiger partial charge on any atom is -0.481 e. The van der Waals surface area contributed by atoms with Crippen molar-refractivity contribution in [3.8, 4) is 5.88 Å². The van der Waals surface area contributed by atoms with Gasteiger partial charge < -0.3 is 10.1 Å². The van der Waals surface area contributed by atoms with Crippen molar-refractivity contribution >= 4 is 17.3 Å². The maximum atomic E-state index is 5.59. The number of unbranched alkanes of at least 4 members (excludes halogenated alkanes) is 2. The Hall–Kier alpha value is -0.960. The third kappa shape index (κ3) is 4.88. The summed E-state index contributed by atoms with van der Waals surface area (Å²) >= 11 is 5.59. The molecule has 4 heteroatoms. The zero-order chi connectivity index (χ0) is 10.9. The van der Waals surface area contributed by atoms with Crippen molar-refractivity contribution in [1.82, 2.24) is 4.98 Å². The highest BCUT2D eigenvalue weighted by atomic mass is 35.5. The molecule has 0 aliphatic heterocycles. The minimum atomic E-state index is 0.640. The molecule has 15 heavy (non-hydrogen) atoms. The second kappa shape index (κ2) is 7.35. The third-order valence-corrected chi connectivity index (χ3v) is 2.35. The van der Waals surface area contributed by atoms with E-state index in [-0.39, 0.29) is 0 Å². The molecule has 0 saturated carbocycles. The first-order valence-electron chi connectivity index (χ1n) is 5.16. The molecule has 1 rings (SSSR count). The van der Waals surface area contributed by atoms with E-state index in [1.807, 2.05) is 12.1 Å². The van der Waals surface area contributed by atoms with E-state index in [0.717, 1.165) is 31.0 Å². The predicted molar refractivity (Wildman–Crippen MR) is 63.8 cm³/mol. The Kier molecular flexibility index (Phi) is 5.93. The van der Waals surface area contributed by atoms with Crippen molar-refractivity contribution in [1.29, 1.82) is 0 Å². The molecule has 0 amide bonds. The number of halogens is 1. The van der Waals surface area contributed by atoms with Gasteiger partial charge in [0.25, 0.3) is 0 Å². The molecule has 0 spiro atoms. The number of hydrogen-bond donors (Lipinski definition) is 1. The standard InChI is InChI=1S/C11H17ClN2O/c1-15-11-9-10(5-8-14-11)13-7-4-2-3-6-12/h5,8-9H,2-4,6-7H2,1H3,(H,13,14). The van der Waals surface area contributed by atoms with E-state index < -0.39 is 0 Å². The van der Waals surface area contributed by atoms with Crippen LogP contribution in [0.25, 0.3) is 0 Å². The summed E-state index contributed by atoms with van der Waals surface area (Å²) < 4.78 is 5.03. The van der Waals surface area contributed by atoms with Gasteiger partial charge in [0.2, 0.25) is 5.88 Å². The fraction of sp³-hybridized carbons (Fsp3) is 0.545. The first kappa shape index (κ1) is 12.1. The first-order chi connectivity index (χ1) is 7.36.